The molecule has 0 saturated carbocycles. The Bertz CT molecular complexity index is 65.6. The monoisotopic (exact) mass is 176 g/mol. The van der Waals surface area contributed by atoms with E-state index in [2.05, 4.69) is 5.32 Å². The van der Waals surface area contributed by atoms with Crippen LogP contribution in [0.25, 0.3) is 0 Å². The van der Waals surface area contributed by atoms with Crippen molar-refractivity contribution in [3.8, 4) is 0 Å². The van der Waals surface area contributed by atoms with Gasteiger partial charge in [0.2, 0.25) is 0 Å². The molecule has 1 saturated heterocycles. The maximum atomic E-state index is 12.1. The Morgan fingerprint density at radius 3 is 2.00 bits per heavy atom. The lowest BCUT2D eigenvalue weighted by atomic mass is 10.3. The average Bonchev–Trinajstić information content (AvgIpc) is 1.91. The largest absolute Gasteiger partial charge is 0.324 e. The van der Waals surface area contributed by atoms with Gasteiger partial charge >= 0.3 is 0 Å². The van der Waals surface area contributed by atoms with E-state index < -0.39 is 6.17 Å². The fraction of sp³-hybridized carbons (Fsp3) is 1.00. The maximum absolute atomic E-state index is 12.1. The molecule has 5 heteroatoms. The molecule has 1 aliphatic heterocycles. The van der Waals surface area contributed by atoms with Crippen molar-refractivity contribution in [3.63, 3.8) is 0 Å². The first-order valence-corrected chi connectivity index (χ1v) is 2.41. The van der Waals surface area contributed by atoms with E-state index in [0.29, 0.717) is 13.1 Å². The highest BCUT2D eigenvalue weighted by molar-refractivity contribution is 5.85. The Morgan fingerprint density at radius 1 is 1.33 bits per heavy atom. The third-order valence-corrected chi connectivity index (χ3v) is 1.18. The maximum Gasteiger partial charge on any atom is 0.129 e. The van der Waals surface area contributed by atoms with E-state index >= 15 is 0 Å². The van der Waals surface area contributed by atoms with E-state index in [-0.39, 0.29) is 30.9 Å². The predicted octanol–water partition coefficient (Wildman–Crippen LogP) is 0.0986. The van der Waals surface area contributed by atoms with Gasteiger partial charge < -0.3 is 11.1 Å². The second-order valence-electron chi connectivity index (χ2n) is 1.84. The van der Waals surface area contributed by atoms with Gasteiger partial charge in [-0.05, 0) is 0 Å². The van der Waals surface area contributed by atoms with Gasteiger partial charge in [0.05, 0.1) is 0 Å². The summed E-state index contributed by atoms with van der Waals surface area (Å²) in [5.74, 6) is 0. The number of alkyl halides is 1. The topological polar surface area (TPSA) is 38.0 Å². The molecule has 2 atom stereocenters. The van der Waals surface area contributed by atoms with Crippen molar-refractivity contribution in [2.75, 3.05) is 13.1 Å². The first-order chi connectivity index (χ1) is 3.30. The summed E-state index contributed by atoms with van der Waals surface area (Å²) in [6.45, 7) is 1.06. The Morgan fingerprint density at radius 2 is 1.89 bits per heavy atom. The van der Waals surface area contributed by atoms with Crippen LogP contribution in [0.15, 0.2) is 0 Å². The van der Waals surface area contributed by atoms with Crippen LogP contribution < -0.4 is 11.1 Å². The summed E-state index contributed by atoms with van der Waals surface area (Å²) in [6.07, 6.45) is -0.819. The molecule has 58 valence electrons. The van der Waals surface area contributed by atoms with Crippen molar-refractivity contribution in [2.45, 2.75) is 12.2 Å². The van der Waals surface area contributed by atoms with E-state index in [1.165, 1.54) is 0 Å². The summed E-state index contributed by atoms with van der Waals surface area (Å²) in [7, 11) is 0. The van der Waals surface area contributed by atoms with Crippen molar-refractivity contribution in [2.24, 2.45) is 5.73 Å². The van der Waals surface area contributed by atoms with E-state index in [9.17, 15) is 4.39 Å². The number of nitrogens with one attached hydrogen (secondary N) is 1. The highest BCUT2D eigenvalue weighted by atomic mass is 35.5. The second-order valence-corrected chi connectivity index (χ2v) is 1.84. The van der Waals surface area contributed by atoms with Crippen molar-refractivity contribution < 1.29 is 4.39 Å². The number of halogens is 3. The van der Waals surface area contributed by atoms with E-state index in [0.717, 1.165) is 0 Å². The molecule has 2 nitrogen and oxygen atoms in total. The summed E-state index contributed by atoms with van der Waals surface area (Å²) < 4.78 is 12.1. The molecule has 0 aromatic carbocycles. The van der Waals surface area contributed by atoms with Crippen LogP contribution in [-0.4, -0.2) is 25.3 Å². The van der Waals surface area contributed by atoms with Gasteiger partial charge in [0.1, 0.15) is 6.17 Å². The number of nitrogens with two attached hydrogens (primary N) is 1. The summed E-state index contributed by atoms with van der Waals surface area (Å²) in [6, 6.07) is -0.264. The molecule has 3 N–H and O–H groups in total. The van der Waals surface area contributed by atoms with Gasteiger partial charge in [-0.3, -0.25) is 0 Å². The minimum absolute atomic E-state index is 0. The highest BCUT2D eigenvalue weighted by Crippen LogP contribution is 1.99. The molecule has 0 unspecified atom stereocenters. The normalized spacial score (nSPS) is 32.7. The predicted molar refractivity (Wildman–Crippen MR) is 40.2 cm³/mol. The molecule has 1 aliphatic rings. The third kappa shape index (κ3) is 3.20. The second kappa shape index (κ2) is 5.23. The highest BCUT2D eigenvalue weighted by Gasteiger charge is 2.21. The van der Waals surface area contributed by atoms with Gasteiger partial charge in [-0.25, -0.2) is 4.39 Å². The van der Waals surface area contributed by atoms with Crippen LogP contribution in [0, 0.1) is 0 Å². The molecule has 1 rings (SSSR count). The van der Waals surface area contributed by atoms with E-state index in [1.807, 2.05) is 0 Å². The lowest BCUT2D eigenvalue weighted by Crippen LogP contribution is -2.29. The molecule has 1 fully saturated rings. The zero-order chi connectivity index (χ0) is 5.28. The van der Waals surface area contributed by atoms with Gasteiger partial charge in [0.15, 0.2) is 0 Å². The van der Waals surface area contributed by atoms with E-state index in [4.69, 9.17) is 5.73 Å². The molecule has 0 bridgehead atoms. The van der Waals surface area contributed by atoms with Crippen molar-refractivity contribution >= 4 is 24.8 Å². The van der Waals surface area contributed by atoms with Gasteiger partial charge in [0.25, 0.3) is 0 Å². The third-order valence-electron chi connectivity index (χ3n) is 1.18. The van der Waals surface area contributed by atoms with Crippen LogP contribution in [0.3, 0.4) is 0 Å². The van der Waals surface area contributed by atoms with Crippen molar-refractivity contribution in [1.29, 1.82) is 0 Å². The van der Waals surface area contributed by atoms with Crippen LogP contribution in [-0.2, 0) is 0 Å². The van der Waals surface area contributed by atoms with Crippen LogP contribution >= 0.6 is 24.8 Å². The average molecular weight is 177 g/mol. The fourth-order valence-corrected chi connectivity index (χ4v) is 0.667. The van der Waals surface area contributed by atoms with Crippen molar-refractivity contribution in [1.82, 2.24) is 5.32 Å². The number of rotatable bonds is 0. The minimum atomic E-state index is -0.819. The Balaban J connectivity index is 0. The standard InChI is InChI=1S/C4H9FN2.2ClH/c5-3-1-7-2-4(3)6;;/h3-4,7H,1-2,6H2;2*1H/t3-,4+;;/m0../s1. The Hall–Kier alpha value is 0.430. The summed E-state index contributed by atoms with van der Waals surface area (Å²) >= 11 is 0. The fourth-order valence-electron chi connectivity index (χ4n) is 0.667. The zero-order valence-corrected chi connectivity index (χ0v) is 6.47. The van der Waals surface area contributed by atoms with Crippen molar-refractivity contribution in [3.05, 3.63) is 0 Å². The van der Waals surface area contributed by atoms with Crippen LogP contribution in [0.2, 0.25) is 0 Å². The van der Waals surface area contributed by atoms with Crippen LogP contribution in [0.1, 0.15) is 0 Å². The smallest absolute Gasteiger partial charge is 0.129 e. The lowest BCUT2D eigenvalue weighted by Gasteiger charge is -1.99. The number of hydrogen-bond acceptors (Lipinski definition) is 2. The zero-order valence-electron chi connectivity index (χ0n) is 4.84. The molecule has 0 aromatic rings. The first kappa shape index (κ1) is 12.1. The minimum Gasteiger partial charge on any atom is -0.324 e. The summed E-state index contributed by atoms with van der Waals surface area (Å²) in [4.78, 5) is 0. The SMILES string of the molecule is Cl.Cl.N[C@@H]1CNC[C@@H]1F. The molecule has 9 heavy (non-hydrogen) atoms. The van der Waals surface area contributed by atoms with Gasteiger partial charge in [-0.2, -0.15) is 0 Å². The van der Waals surface area contributed by atoms with E-state index in [1.54, 1.807) is 0 Å². The van der Waals surface area contributed by atoms with Gasteiger partial charge in [-0.15, -0.1) is 24.8 Å². The summed E-state index contributed by atoms with van der Waals surface area (Å²) in [5, 5.41) is 2.82. The Kier molecular flexibility index (Phi) is 7.06. The molecule has 0 radical (unpaired) electrons. The number of hydrogen-bond donors (Lipinski definition) is 2. The first-order valence-electron chi connectivity index (χ1n) is 2.41. The van der Waals surface area contributed by atoms with Gasteiger partial charge in [-0.1, -0.05) is 0 Å². The Labute approximate surface area is 66.2 Å². The van der Waals surface area contributed by atoms with Crippen LogP contribution in [0.4, 0.5) is 4.39 Å². The molecular weight excluding hydrogens is 166 g/mol. The molecule has 0 aromatic heterocycles. The van der Waals surface area contributed by atoms with Gasteiger partial charge in [0, 0.05) is 19.1 Å². The quantitative estimate of drug-likeness (QED) is 0.550. The molecule has 0 amide bonds. The van der Waals surface area contributed by atoms with Crippen LogP contribution in [0.5, 0.6) is 0 Å². The molecular formula is C4H11Cl2FN2. The molecule has 0 spiro atoms. The summed E-state index contributed by atoms with van der Waals surface area (Å²) in [5.41, 5.74) is 5.24. The molecule has 1 heterocycles. The lowest BCUT2D eigenvalue weighted by molar-refractivity contribution is 0.332. The molecule has 0 aliphatic carbocycles.